The SMILES string of the molecule is CCOC(=O)c1c(NC(=O)COc2ccc(Cl)cc2)sc2c1CCC(CC)C2. The molecule has 2 aromatic rings. The third-order valence-electron chi connectivity index (χ3n) is 4.86. The van der Waals surface area contributed by atoms with E-state index in [4.69, 9.17) is 21.1 Å². The predicted molar refractivity (Wildman–Crippen MR) is 112 cm³/mol. The van der Waals surface area contributed by atoms with Crippen molar-refractivity contribution in [1.29, 1.82) is 0 Å². The van der Waals surface area contributed by atoms with Gasteiger partial charge in [-0.1, -0.05) is 24.9 Å². The number of fused-ring (bicyclic) bond motifs is 1. The van der Waals surface area contributed by atoms with Gasteiger partial charge in [-0.2, -0.15) is 0 Å². The Morgan fingerprint density at radius 1 is 1.25 bits per heavy atom. The summed E-state index contributed by atoms with van der Waals surface area (Å²) in [6.45, 7) is 4.12. The highest BCUT2D eigenvalue weighted by Crippen LogP contribution is 2.40. The van der Waals surface area contributed by atoms with Crippen LogP contribution in [0, 0.1) is 5.92 Å². The zero-order valence-electron chi connectivity index (χ0n) is 16.0. The first-order valence-corrected chi connectivity index (χ1v) is 10.7. The molecule has 1 aromatic heterocycles. The van der Waals surface area contributed by atoms with E-state index in [9.17, 15) is 9.59 Å². The molecule has 3 rings (SSSR count). The number of hydrogen-bond acceptors (Lipinski definition) is 5. The monoisotopic (exact) mass is 421 g/mol. The number of carbonyl (C=O) groups excluding carboxylic acids is 2. The fourth-order valence-electron chi connectivity index (χ4n) is 3.35. The number of thiophene rings is 1. The van der Waals surface area contributed by atoms with E-state index in [1.54, 1.807) is 31.2 Å². The Bertz CT molecular complexity index is 847. The average molecular weight is 422 g/mol. The quantitative estimate of drug-likeness (QED) is 0.631. The summed E-state index contributed by atoms with van der Waals surface area (Å²) in [4.78, 5) is 26.1. The second-order valence-electron chi connectivity index (χ2n) is 6.74. The van der Waals surface area contributed by atoms with Gasteiger partial charge >= 0.3 is 5.97 Å². The van der Waals surface area contributed by atoms with Crippen LogP contribution in [0.25, 0.3) is 0 Å². The van der Waals surface area contributed by atoms with Crippen LogP contribution in [0.3, 0.4) is 0 Å². The number of anilines is 1. The van der Waals surface area contributed by atoms with Crippen LogP contribution in [-0.4, -0.2) is 25.1 Å². The Morgan fingerprint density at radius 2 is 2.00 bits per heavy atom. The van der Waals surface area contributed by atoms with Crippen LogP contribution in [-0.2, 0) is 22.4 Å². The summed E-state index contributed by atoms with van der Waals surface area (Å²) in [5.41, 5.74) is 1.54. The zero-order valence-corrected chi connectivity index (χ0v) is 17.6. The Hall–Kier alpha value is -2.05. The molecule has 150 valence electrons. The van der Waals surface area contributed by atoms with Gasteiger partial charge in [0.15, 0.2) is 6.61 Å². The van der Waals surface area contributed by atoms with Gasteiger partial charge in [-0.3, -0.25) is 4.79 Å². The highest BCUT2D eigenvalue weighted by molar-refractivity contribution is 7.17. The molecular weight excluding hydrogens is 398 g/mol. The molecular formula is C21H24ClNO4S. The topological polar surface area (TPSA) is 64.6 Å². The Morgan fingerprint density at radius 3 is 2.68 bits per heavy atom. The molecule has 0 fully saturated rings. The van der Waals surface area contributed by atoms with Crippen molar-refractivity contribution in [2.45, 2.75) is 39.5 Å². The minimum absolute atomic E-state index is 0.149. The number of halogens is 1. The second kappa shape index (κ2) is 9.43. The third kappa shape index (κ3) is 4.86. The fourth-order valence-corrected chi connectivity index (χ4v) is 4.84. The lowest BCUT2D eigenvalue weighted by Gasteiger charge is -2.20. The maximum atomic E-state index is 12.5. The van der Waals surface area contributed by atoms with Crippen LogP contribution in [0.4, 0.5) is 5.00 Å². The number of nitrogens with one attached hydrogen (secondary N) is 1. The van der Waals surface area contributed by atoms with E-state index in [1.165, 1.54) is 16.2 Å². The van der Waals surface area contributed by atoms with E-state index in [1.807, 2.05) is 0 Å². The lowest BCUT2D eigenvalue weighted by molar-refractivity contribution is -0.118. The molecule has 28 heavy (non-hydrogen) atoms. The van der Waals surface area contributed by atoms with E-state index in [-0.39, 0.29) is 18.5 Å². The van der Waals surface area contributed by atoms with Gasteiger partial charge in [-0.05, 0) is 61.9 Å². The lowest BCUT2D eigenvalue weighted by atomic mass is 9.85. The first-order valence-electron chi connectivity index (χ1n) is 9.51. The molecule has 5 nitrogen and oxygen atoms in total. The summed E-state index contributed by atoms with van der Waals surface area (Å²) >= 11 is 7.33. The number of ether oxygens (including phenoxy) is 2. The van der Waals surface area contributed by atoms with Crippen molar-refractivity contribution in [3.05, 3.63) is 45.3 Å². The van der Waals surface area contributed by atoms with Gasteiger partial charge in [-0.15, -0.1) is 11.3 Å². The number of benzene rings is 1. The fraction of sp³-hybridized carbons (Fsp3) is 0.429. The van der Waals surface area contributed by atoms with Crippen LogP contribution in [0.2, 0.25) is 5.02 Å². The molecule has 1 amide bonds. The Labute approximate surface area is 174 Å². The number of rotatable bonds is 7. The number of amides is 1. The Kier molecular flexibility index (Phi) is 6.97. The first-order chi connectivity index (χ1) is 13.5. The average Bonchev–Trinajstić information content (AvgIpc) is 3.04. The van der Waals surface area contributed by atoms with Gasteiger partial charge in [0.25, 0.3) is 5.91 Å². The molecule has 1 N–H and O–H groups in total. The summed E-state index contributed by atoms with van der Waals surface area (Å²) in [5, 5.41) is 4.01. The maximum absolute atomic E-state index is 12.5. The van der Waals surface area contributed by atoms with Crippen molar-refractivity contribution in [3.8, 4) is 5.75 Å². The summed E-state index contributed by atoms with van der Waals surface area (Å²) in [5.74, 6) is 0.495. The van der Waals surface area contributed by atoms with E-state index in [0.29, 0.717) is 33.9 Å². The van der Waals surface area contributed by atoms with Gasteiger partial charge < -0.3 is 14.8 Å². The smallest absolute Gasteiger partial charge is 0.341 e. The standard InChI is InChI=1S/C21H24ClNO4S/c1-3-13-5-10-16-17(11-13)28-20(19(16)21(25)26-4-2)23-18(24)12-27-15-8-6-14(22)7-9-15/h6-9,13H,3-5,10-12H2,1-2H3,(H,23,24). The highest BCUT2D eigenvalue weighted by Gasteiger charge is 2.29. The summed E-state index contributed by atoms with van der Waals surface area (Å²) in [6.07, 6.45) is 3.96. The number of esters is 1. The molecule has 0 spiro atoms. The van der Waals surface area contributed by atoms with Gasteiger partial charge in [0.05, 0.1) is 12.2 Å². The first kappa shape index (κ1) is 20.7. The summed E-state index contributed by atoms with van der Waals surface area (Å²) < 4.78 is 10.7. The molecule has 0 radical (unpaired) electrons. The van der Waals surface area contributed by atoms with Crippen molar-refractivity contribution in [2.75, 3.05) is 18.5 Å². The molecule has 0 saturated carbocycles. The normalized spacial score (nSPS) is 15.6. The van der Waals surface area contributed by atoms with E-state index in [2.05, 4.69) is 12.2 Å². The predicted octanol–water partition coefficient (Wildman–Crippen LogP) is 5.11. The second-order valence-corrected chi connectivity index (χ2v) is 8.28. The van der Waals surface area contributed by atoms with Crippen LogP contribution >= 0.6 is 22.9 Å². The minimum Gasteiger partial charge on any atom is -0.484 e. The number of hydrogen-bond donors (Lipinski definition) is 1. The summed E-state index contributed by atoms with van der Waals surface area (Å²) in [6, 6.07) is 6.80. The van der Waals surface area contributed by atoms with Crippen LogP contribution in [0.15, 0.2) is 24.3 Å². The van der Waals surface area contributed by atoms with Crippen LogP contribution in [0.5, 0.6) is 5.75 Å². The molecule has 1 aromatic carbocycles. The van der Waals surface area contributed by atoms with E-state index in [0.717, 1.165) is 31.2 Å². The third-order valence-corrected chi connectivity index (χ3v) is 6.28. The molecule has 0 saturated heterocycles. The van der Waals surface area contributed by atoms with Crippen molar-refractivity contribution in [3.63, 3.8) is 0 Å². The molecule has 1 aliphatic carbocycles. The van der Waals surface area contributed by atoms with Crippen LogP contribution in [0.1, 0.15) is 47.5 Å². The summed E-state index contributed by atoms with van der Waals surface area (Å²) in [7, 11) is 0. The molecule has 1 aliphatic rings. The van der Waals surface area contributed by atoms with Gasteiger partial charge in [-0.25, -0.2) is 4.79 Å². The van der Waals surface area contributed by atoms with Gasteiger partial charge in [0.1, 0.15) is 10.8 Å². The van der Waals surface area contributed by atoms with Crippen molar-refractivity contribution in [2.24, 2.45) is 5.92 Å². The molecule has 0 aliphatic heterocycles. The molecule has 1 heterocycles. The zero-order chi connectivity index (χ0) is 20.1. The van der Waals surface area contributed by atoms with Crippen LogP contribution < -0.4 is 10.1 Å². The van der Waals surface area contributed by atoms with Gasteiger partial charge in [0.2, 0.25) is 0 Å². The van der Waals surface area contributed by atoms with Crippen molar-refractivity contribution in [1.82, 2.24) is 0 Å². The molecule has 7 heteroatoms. The minimum atomic E-state index is -0.371. The van der Waals surface area contributed by atoms with Crippen molar-refractivity contribution >= 4 is 39.8 Å². The largest absolute Gasteiger partial charge is 0.484 e. The molecule has 0 bridgehead atoms. The molecule has 1 atom stereocenters. The Balaban J connectivity index is 1.74. The maximum Gasteiger partial charge on any atom is 0.341 e. The van der Waals surface area contributed by atoms with E-state index < -0.39 is 0 Å². The highest BCUT2D eigenvalue weighted by atomic mass is 35.5. The lowest BCUT2D eigenvalue weighted by Crippen LogP contribution is -2.21. The number of carbonyl (C=O) groups is 2. The van der Waals surface area contributed by atoms with Crippen molar-refractivity contribution < 1.29 is 19.1 Å². The van der Waals surface area contributed by atoms with Gasteiger partial charge in [0, 0.05) is 9.90 Å². The molecule has 1 unspecified atom stereocenters. The van der Waals surface area contributed by atoms with E-state index >= 15 is 0 Å².